The lowest BCUT2D eigenvalue weighted by atomic mass is 10.2. The first-order valence-corrected chi connectivity index (χ1v) is 7.82. The average molecular weight is 332 g/mol. The van der Waals surface area contributed by atoms with E-state index in [0.717, 1.165) is 25.3 Å². The summed E-state index contributed by atoms with van der Waals surface area (Å²) < 4.78 is 13.9. The molecule has 2 rings (SSSR count). The molecule has 1 atom stereocenters. The molecular weight excluding hydrogens is 317 g/mol. The summed E-state index contributed by atoms with van der Waals surface area (Å²) in [6.45, 7) is 3.62. The number of thioether (sulfide) groups is 1. The van der Waals surface area contributed by atoms with E-state index in [0.29, 0.717) is 15.3 Å². The van der Waals surface area contributed by atoms with Gasteiger partial charge in [0.25, 0.3) is 5.91 Å². The number of hydrogen-bond donors (Lipinski definition) is 0. The monoisotopic (exact) mass is 331 g/mol. The van der Waals surface area contributed by atoms with Crippen molar-refractivity contribution in [2.75, 3.05) is 18.8 Å². The number of hydrogen-bond acceptors (Lipinski definition) is 2. The molecule has 1 amide bonds. The summed E-state index contributed by atoms with van der Waals surface area (Å²) in [6, 6.07) is 4.23. The van der Waals surface area contributed by atoms with E-state index in [1.54, 1.807) is 6.07 Å². The van der Waals surface area contributed by atoms with E-state index >= 15 is 0 Å². The van der Waals surface area contributed by atoms with E-state index in [9.17, 15) is 9.18 Å². The molecule has 98 valence electrons. The van der Waals surface area contributed by atoms with Crippen LogP contribution in [0, 0.1) is 5.82 Å². The van der Waals surface area contributed by atoms with E-state index < -0.39 is 0 Å². The van der Waals surface area contributed by atoms with Crippen molar-refractivity contribution in [1.82, 2.24) is 4.90 Å². The van der Waals surface area contributed by atoms with Gasteiger partial charge < -0.3 is 4.90 Å². The molecule has 1 aromatic rings. The zero-order chi connectivity index (χ0) is 13.1. The molecule has 0 saturated carbocycles. The van der Waals surface area contributed by atoms with Crippen LogP contribution in [-0.2, 0) is 0 Å². The van der Waals surface area contributed by atoms with Crippen LogP contribution < -0.4 is 0 Å². The lowest BCUT2D eigenvalue weighted by Crippen LogP contribution is -2.41. The molecule has 0 spiro atoms. The Morgan fingerprint density at radius 3 is 3.11 bits per heavy atom. The minimum absolute atomic E-state index is 0.0832. The van der Waals surface area contributed by atoms with Gasteiger partial charge in [-0.2, -0.15) is 11.8 Å². The van der Waals surface area contributed by atoms with Gasteiger partial charge in [0.2, 0.25) is 0 Å². The maximum absolute atomic E-state index is 13.2. The van der Waals surface area contributed by atoms with Gasteiger partial charge in [0.1, 0.15) is 5.82 Å². The Kier molecular flexibility index (Phi) is 4.67. The molecule has 2 nitrogen and oxygen atoms in total. The summed E-state index contributed by atoms with van der Waals surface area (Å²) in [5.74, 6) is 0.497. The maximum atomic E-state index is 13.2. The van der Waals surface area contributed by atoms with Crippen LogP contribution >= 0.6 is 27.7 Å². The second kappa shape index (κ2) is 6.06. The Morgan fingerprint density at radius 1 is 1.61 bits per heavy atom. The standard InChI is InChI=1S/C13H15BrFNOS/c1-2-10-8-16(5-6-18-10)13(17)11-7-9(15)3-4-12(11)14/h3-4,7,10H,2,5-6,8H2,1H3. The predicted octanol–water partition coefficient (Wildman–Crippen LogP) is 3.56. The zero-order valence-electron chi connectivity index (χ0n) is 10.2. The summed E-state index contributed by atoms with van der Waals surface area (Å²) in [7, 11) is 0. The van der Waals surface area contributed by atoms with Crippen LogP contribution in [0.5, 0.6) is 0 Å². The highest BCUT2D eigenvalue weighted by Crippen LogP contribution is 2.25. The van der Waals surface area contributed by atoms with Crippen molar-refractivity contribution < 1.29 is 9.18 Å². The molecular formula is C13H15BrFNOS. The Bertz CT molecular complexity index is 455. The van der Waals surface area contributed by atoms with Gasteiger partial charge in [-0.25, -0.2) is 4.39 Å². The van der Waals surface area contributed by atoms with Gasteiger partial charge in [0.15, 0.2) is 0 Å². The normalized spacial score (nSPS) is 19.9. The summed E-state index contributed by atoms with van der Waals surface area (Å²) in [5, 5.41) is 0.495. The molecule has 1 fully saturated rings. The van der Waals surface area contributed by atoms with E-state index in [2.05, 4.69) is 22.9 Å². The smallest absolute Gasteiger partial charge is 0.255 e. The molecule has 1 saturated heterocycles. The molecule has 1 aromatic carbocycles. The van der Waals surface area contributed by atoms with Crippen molar-refractivity contribution in [3.8, 4) is 0 Å². The number of amides is 1. The summed E-state index contributed by atoms with van der Waals surface area (Å²) in [5.41, 5.74) is 0.414. The van der Waals surface area contributed by atoms with Crippen LogP contribution in [0.25, 0.3) is 0 Å². The van der Waals surface area contributed by atoms with Crippen molar-refractivity contribution >= 4 is 33.6 Å². The Hall–Kier alpha value is -0.550. The molecule has 1 heterocycles. The van der Waals surface area contributed by atoms with Crippen molar-refractivity contribution in [2.24, 2.45) is 0 Å². The van der Waals surface area contributed by atoms with Crippen molar-refractivity contribution in [3.05, 3.63) is 34.1 Å². The van der Waals surface area contributed by atoms with Crippen LogP contribution in [0.2, 0.25) is 0 Å². The van der Waals surface area contributed by atoms with E-state index in [-0.39, 0.29) is 11.7 Å². The minimum atomic E-state index is -0.375. The lowest BCUT2D eigenvalue weighted by Gasteiger charge is -2.32. The molecule has 0 N–H and O–H groups in total. The quantitative estimate of drug-likeness (QED) is 0.825. The minimum Gasteiger partial charge on any atom is -0.337 e. The van der Waals surface area contributed by atoms with Gasteiger partial charge in [-0.05, 0) is 40.5 Å². The van der Waals surface area contributed by atoms with E-state index in [4.69, 9.17) is 0 Å². The molecule has 5 heteroatoms. The molecule has 0 bridgehead atoms. The van der Waals surface area contributed by atoms with Crippen LogP contribution in [-0.4, -0.2) is 34.9 Å². The first-order chi connectivity index (χ1) is 8.61. The van der Waals surface area contributed by atoms with Gasteiger partial charge in [-0.3, -0.25) is 4.79 Å². The van der Waals surface area contributed by atoms with Crippen LogP contribution in [0.4, 0.5) is 4.39 Å². The fourth-order valence-electron chi connectivity index (χ4n) is 1.98. The average Bonchev–Trinajstić information content (AvgIpc) is 2.41. The zero-order valence-corrected chi connectivity index (χ0v) is 12.6. The fraction of sp³-hybridized carbons (Fsp3) is 0.462. The topological polar surface area (TPSA) is 20.3 Å². The van der Waals surface area contributed by atoms with E-state index in [1.165, 1.54) is 12.1 Å². The highest BCUT2D eigenvalue weighted by molar-refractivity contribution is 9.10. The largest absolute Gasteiger partial charge is 0.337 e. The predicted molar refractivity (Wildman–Crippen MR) is 76.5 cm³/mol. The second-order valence-corrected chi connectivity index (χ2v) is 6.54. The Balaban J connectivity index is 2.17. The highest BCUT2D eigenvalue weighted by atomic mass is 79.9. The molecule has 1 aliphatic rings. The van der Waals surface area contributed by atoms with Crippen molar-refractivity contribution in [1.29, 1.82) is 0 Å². The second-order valence-electron chi connectivity index (χ2n) is 4.28. The van der Waals surface area contributed by atoms with Crippen LogP contribution in [0.3, 0.4) is 0 Å². The number of carbonyl (C=O) groups excluding carboxylic acids is 1. The molecule has 1 aliphatic heterocycles. The SMILES string of the molecule is CCC1CN(C(=O)c2cc(F)ccc2Br)CCS1. The number of nitrogens with zero attached hydrogens (tertiary/aromatic N) is 1. The summed E-state index contributed by atoms with van der Waals surface area (Å²) in [4.78, 5) is 14.2. The van der Waals surface area contributed by atoms with Gasteiger partial charge in [0, 0.05) is 28.6 Å². The van der Waals surface area contributed by atoms with Crippen molar-refractivity contribution in [2.45, 2.75) is 18.6 Å². The summed E-state index contributed by atoms with van der Waals surface area (Å²) in [6.07, 6.45) is 1.05. The number of rotatable bonds is 2. The van der Waals surface area contributed by atoms with Gasteiger partial charge in [-0.1, -0.05) is 6.92 Å². The van der Waals surface area contributed by atoms with Crippen LogP contribution in [0.15, 0.2) is 22.7 Å². The van der Waals surface area contributed by atoms with E-state index in [1.807, 2.05) is 16.7 Å². The van der Waals surface area contributed by atoms with Gasteiger partial charge in [-0.15, -0.1) is 0 Å². The van der Waals surface area contributed by atoms with Gasteiger partial charge in [0.05, 0.1) is 5.56 Å². The third-order valence-corrected chi connectivity index (χ3v) is 5.10. The number of benzene rings is 1. The van der Waals surface area contributed by atoms with Gasteiger partial charge >= 0.3 is 0 Å². The third kappa shape index (κ3) is 3.06. The maximum Gasteiger partial charge on any atom is 0.255 e. The Labute approximate surface area is 119 Å². The molecule has 1 unspecified atom stereocenters. The highest BCUT2D eigenvalue weighted by Gasteiger charge is 2.25. The molecule has 0 aliphatic carbocycles. The van der Waals surface area contributed by atoms with Crippen molar-refractivity contribution in [3.63, 3.8) is 0 Å². The number of halogens is 2. The number of carbonyl (C=O) groups is 1. The first kappa shape index (κ1) is 13.9. The fourth-order valence-corrected chi connectivity index (χ4v) is 3.58. The molecule has 18 heavy (non-hydrogen) atoms. The summed E-state index contributed by atoms with van der Waals surface area (Å²) >= 11 is 5.22. The first-order valence-electron chi connectivity index (χ1n) is 5.97. The molecule has 0 aromatic heterocycles. The molecule has 0 radical (unpaired) electrons. The van der Waals surface area contributed by atoms with Crippen LogP contribution in [0.1, 0.15) is 23.7 Å². The lowest BCUT2D eigenvalue weighted by molar-refractivity contribution is 0.0759. The third-order valence-electron chi connectivity index (χ3n) is 3.04. The Morgan fingerprint density at radius 2 is 2.39 bits per heavy atom.